The SMILES string of the molecule is Cc1cccc(C#N)c1N1CC2CCCCN2CC1C. The van der Waals surface area contributed by atoms with Crippen molar-refractivity contribution in [2.75, 3.05) is 24.5 Å². The van der Waals surface area contributed by atoms with Crippen LogP contribution >= 0.6 is 0 Å². The van der Waals surface area contributed by atoms with Gasteiger partial charge in [-0.3, -0.25) is 4.90 Å². The topological polar surface area (TPSA) is 30.3 Å². The molecule has 0 saturated carbocycles. The summed E-state index contributed by atoms with van der Waals surface area (Å²) < 4.78 is 0. The van der Waals surface area contributed by atoms with E-state index in [1.54, 1.807) is 0 Å². The van der Waals surface area contributed by atoms with Crippen LogP contribution in [0.5, 0.6) is 0 Å². The van der Waals surface area contributed by atoms with Crippen molar-refractivity contribution >= 4 is 5.69 Å². The van der Waals surface area contributed by atoms with Gasteiger partial charge in [0.2, 0.25) is 0 Å². The number of nitriles is 1. The molecule has 1 aromatic rings. The fourth-order valence-corrected chi connectivity index (χ4v) is 3.79. The van der Waals surface area contributed by atoms with Crippen molar-refractivity contribution in [3.05, 3.63) is 29.3 Å². The predicted octanol–water partition coefficient (Wildman–Crippen LogP) is 2.93. The average Bonchev–Trinajstić information content (AvgIpc) is 2.46. The molecule has 0 bridgehead atoms. The smallest absolute Gasteiger partial charge is 0.101 e. The molecule has 1 aromatic carbocycles. The highest BCUT2D eigenvalue weighted by molar-refractivity contribution is 5.64. The summed E-state index contributed by atoms with van der Waals surface area (Å²) in [6, 6.07) is 9.58. The summed E-state index contributed by atoms with van der Waals surface area (Å²) in [7, 11) is 0. The molecule has 2 heterocycles. The number of fused-ring (bicyclic) bond motifs is 1. The predicted molar refractivity (Wildman–Crippen MR) is 81.9 cm³/mol. The maximum absolute atomic E-state index is 9.41. The number of hydrogen-bond donors (Lipinski definition) is 0. The zero-order chi connectivity index (χ0) is 14.1. The summed E-state index contributed by atoms with van der Waals surface area (Å²) in [4.78, 5) is 5.12. The molecule has 3 rings (SSSR count). The molecule has 3 nitrogen and oxygen atoms in total. The third-order valence-electron chi connectivity index (χ3n) is 4.83. The average molecular weight is 269 g/mol. The van der Waals surface area contributed by atoms with Crippen LogP contribution < -0.4 is 4.90 Å². The second-order valence-electron chi connectivity index (χ2n) is 6.23. The van der Waals surface area contributed by atoms with Gasteiger partial charge in [0.15, 0.2) is 0 Å². The first-order valence-corrected chi connectivity index (χ1v) is 7.71. The fraction of sp³-hybridized carbons (Fsp3) is 0.588. The Labute approximate surface area is 121 Å². The first-order chi connectivity index (χ1) is 9.70. The summed E-state index contributed by atoms with van der Waals surface area (Å²) in [6.45, 7) is 7.86. The fourth-order valence-electron chi connectivity index (χ4n) is 3.79. The highest BCUT2D eigenvalue weighted by atomic mass is 15.3. The van der Waals surface area contributed by atoms with Crippen LogP contribution in [0, 0.1) is 18.3 Å². The van der Waals surface area contributed by atoms with Crippen molar-refractivity contribution in [1.29, 1.82) is 5.26 Å². The molecule has 2 unspecified atom stereocenters. The second-order valence-corrected chi connectivity index (χ2v) is 6.23. The number of rotatable bonds is 1. The molecule has 2 aliphatic heterocycles. The third kappa shape index (κ3) is 2.29. The Kier molecular flexibility index (Phi) is 3.67. The monoisotopic (exact) mass is 269 g/mol. The van der Waals surface area contributed by atoms with Crippen molar-refractivity contribution in [2.24, 2.45) is 0 Å². The van der Waals surface area contributed by atoms with Gasteiger partial charge in [-0.2, -0.15) is 5.26 Å². The molecule has 106 valence electrons. The van der Waals surface area contributed by atoms with E-state index in [1.165, 1.54) is 31.4 Å². The standard InChI is InChI=1S/C17H23N3/c1-13-6-5-7-15(10-18)17(13)20-12-16-8-3-4-9-19(16)11-14(20)2/h5-7,14,16H,3-4,8-9,11-12H2,1-2H3. The lowest BCUT2D eigenvalue weighted by molar-refractivity contribution is 0.115. The van der Waals surface area contributed by atoms with E-state index in [2.05, 4.69) is 35.8 Å². The van der Waals surface area contributed by atoms with Gasteiger partial charge in [0.1, 0.15) is 6.07 Å². The molecule has 2 fully saturated rings. The van der Waals surface area contributed by atoms with Crippen molar-refractivity contribution in [3.63, 3.8) is 0 Å². The Bertz CT molecular complexity index is 532. The van der Waals surface area contributed by atoms with Gasteiger partial charge < -0.3 is 4.90 Å². The second kappa shape index (κ2) is 5.46. The quantitative estimate of drug-likeness (QED) is 0.785. The van der Waals surface area contributed by atoms with Gasteiger partial charge >= 0.3 is 0 Å². The van der Waals surface area contributed by atoms with Crippen LogP contribution in [0.25, 0.3) is 0 Å². The van der Waals surface area contributed by atoms with Gasteiger partial charge in [0.05, 0.1) is 11.3 Å². The number of para-hydroxylation sites is 1. The van der Waals surface area contributed by atoms with E-state index in [9.17, 15) is 5.26 Å². The molecule has 0 aromatic heterocycles. The minimum Gasteiger partial charge on any atom is -0.365 e. The number of benzene rings is 1. The number of nitrogens with zero attached hydrogens (tertiary/aromatic N) is 3. The number of aryl methyl sites for hydroxylation is 1. The van der Waals surface area contributed by atoms with Gasteiger partial charge in [0, 0.05) is 25.2 Å². The first kappa shape index (κ1) is 13.5. The maximum Gasteiger partial charge on any atom is 0.101 e. The minimum absolute atomic E-state index is 0.484. The van der Waals surface area contributed by atoms with E-state index >= 15 is 0 Å². The lowest BCUT2D eigenvalue weighted by Crippen LogP contribution is -2.59. The Hall–Kier alpha value is -1.53. The van der Waals surface area contributed by atoms with E-state index < -0.39 is 0 Å². The number of anilines is 1. The van der Waals surface area contributed by atoms with Crippen LogP contribution in [0.15, 0.2) is 18.2 Å². The molecule has 0 radical (unpaired) electrons. The molecule has 2 aliphatic rings. The van der Waals surface area contributed by atoms with Gasteiger partial charge in [0.25, 0.3) is 0 Å². The normalized spacial score (nSPS) is 26.9. The zero-order valence-electron chi connectivity index (χ0n) is 12.5. The lowest BCUT2D eigenvalue weighted by Gasteiger charge is -2.49. The van der Waals surface area contributed by atoms with Crippen LogP contribution in [0.2, 0.25) is 0 Å². The van der Waals surface area contributed by atoms with Crippen LogP contribution in [0.1, 0.15) is 37.3 Å². The van der Waals surface area contributed by atoms with Gasteiger partial charge in [-0.25, -0.2) is 0 Å². The van der Waals surface area contributed by atoms with Crippen molar-refractivity contribution < 1.29 is 0 Å². The first-order valence-electron chi connectivity index (χ1n) is 7.71. The van der Waals surface area contributed by atoms with E-state index in [4.69, 9.17) is 0 Å². The molecule has 0 spiro atoms. The molecule has 20 heavy (non-hydrogen) atoms. The minimum atomic E-state index is 0.484. The van der Waals surface area contributed by atoms with E-state index in [0.29, 0.717) is 12.1 Å². The summed E-state index contributed by atoms with van der Waals surface area (Å²) in [5.41, 5.74) is 3.20. The van der Waals surface area contributed by atoms with Crippen LogP contribution in [0.3, 0.4) is 0 Å². The maximum atomic E-state index is 9.41. The summed E-state index contributed by atoms with van der Waals surface area (Å²) in [6.07, 6.45) is 4.00. The molecule has 3 heteroatoms. The van der Waals surface area contributed by atoms with Crippen molar-refractivity contribution in [1.82, 2.24) is 4.90 Å². The third-order valence-corrected chi connectivity index (χ3v) is 4.83. The van der Waals surface area contributed by atoms with Crippen molar-refractivity contribution in [2.45, 2.75) is 45.2 Å². The van der Waals surface area contributed by atoms with E-state index in [1.807, 2.05) is 12.1 Å². The lowest BCUT2D eigenvalue weighted by atomic mass is 9.95. The summed E-state index contributed by atoms with van der Waals surface area (Å²) >= 11 is 0. The Balaban J connectivity index is 1.92. The Morgan fingerprint density at radius 3 is 2.90 bits per heavy atom. The van der Waals surface area contributed by atoms with Crippen LogP contribution in [0.4, 0.5) is 5.69 Å². The van der Waals surface area contributed by atoms with Crippen LogP contribution in [-0.4, -0.2) is 36.6 Å². The molecule has 0 aliphatic carbocycles. The van der Waals surface area contributed by atoms with Gasteiger partial charge in [-0.05, 0) is 44.9 Å². The zero-order valence-corrected chi connectivity index (χ0v) is 12.5. The Morgan fingerprint density at radius 1 is 1.25 bits per heavy atom. The highest BCUT2D eigenvalue weighted by Crippen LogP contribution is 2.32. The van der Waals surface area contributed by atoms with Gasteiger partial charge in [-0.1, -0.05) is 18.6 Å². The van der Waals surface area contributed by atoms with Crippen molar-refractivity contribution in [3.8, 4) is 6.07 Å². The Morgan fingerprint density at radius 2 is 2.10 bits per heavy atom. The molecule has 2 atom stereocenters. The van der Waals surface area contributed by atoms with E-state index in [0.717, 1.165) is 24.3 Å². The highest BCUT2D eigenvalue weighted by Gasteiger charge is 2.34. The molecular weight excluding hydrogens is 246 g/mol. The van der Waals surface area contributed by atoms with Gasteiger partial charge in [-0.15, -0.1) is 0 Å². The number of piperidine rings is 1. The number of piperazine rings is 1. The number of hydrogen-bond acceptors (Lipinski definition) is 3. The molecule has 0 N–H and O–H groups in total. The van der Waals surface area contributed by atoms with Crippen LogP contribution in [-0.2, 0) is 0 Å². The van der Waals surface area contributed by atoms with E-state index in [-0.39, 0.29) is 0 Å². The molecule has 0 amide bonds. The summed E-state index contributed by atoms with van der Waals surface area (Å²) in [5, 5.41) is 9.41. The molecule has 2 saturated heterocycles. The largest absolute Gasteiger partial charge is 0.365 e. The molecular formula is C17H23N3. The summed E-state index contributed by atoms with van der Waals surface area (Å²) in [5.74, 6) is 0.